The zero-order chi connectivity index (χ0) is 18.5. The van der Waals surface area contributed by atoms with E-state index in [2.05, 4.69) is 34.6 Å². The van der Waals surface area contributed by atoms with Crippen LogP contribution in [-0.2, 0) is 17.2 Å². The van der Waals surface area contributed by atoms with E-state index < -0.39 is 0 Å². The molecule has 0 spiro atoms. The molecule has 1 aliphatic rings. The fourth-order valence-electron chi connectivity index (χ4n) is 2.93. The summed E-state index contributed by atoms with van der Waals surface area (Å²) < 4.78 is 5.75. The minimum absolute atomic E-state index is 0.0237. The lowest BCUT2D eigenvalue weighted by atomic mass is 10.1. The summed E-state index contributed by atoms with van der Waals surface area (Å²) in [6.45, 7) is 0.510. The lowest BCUT2D eigenvalue weighted by Gasteiger charge is -2.15. The first-order valence-electron chi connectivity index (χ1n) is 8.93. The van der Waals surface area contributed by atoms with Crippen LogP contribution in [0, 0.1) is 0 Å². The molecule has 0 unspecified atom stereocenters. The van der Waals surface area contributed by atoms with Crippen molar-refractivity contribution >= 4 is 34.1 Å². The zero-order valence-electron chi connectivity index (χ0n) is 14.8. The Bertz CT molecular complexity index is 925. The lowest BCUT2D eigenvalue weighted by Crippen LogP contribution is -2.11. The van der Waals surface area contributed by atoms with E-state index in [4.69, 9.17) is 4.74 Å². The van der Waals surface area contributed by atoms with Crippen LogP contribution in [0.15, 0.2) is 54.6 Å². The van der Waals surface area contributed by atoms with Crippen molar-refractivity contribution in [3.63, 3.8) is 0 Å². The average Bonchev–Trinajstić information content (AvgIpc) is 3.11. The van der Waals surface area contributed by atoms with Gasteiger partial charge in [-0.2, -0.15) is 11.8 Å². The van der Waals surface area contributed by atoms with E-state index in [9.17, 15) is 4.79 Å². The molecule has 1 amide bonds. The van der Waals surface area contributed by atoms with Gasteiger partial charge < -0.3 is 10.1 Å². The molecule has 2 aromatic carbocycles. The monoisotopic (exact) mass is 396 g/mol. The Labute approximate surface area is 167 Å². The van der Waals surface area contributed by atoms with Gasteiger partial charge in [0.2, 0.25) is 5.91 Å². The largest absolute Gasteiger partial charge is 0.487 e. The van der Waals surface area contributed by atoms with Crippen LogP contribution in [0.1, 0.15) is 23.3 Å². The maximum Gasteiger partial charge on any atom is 0.226 e. The number of para-hydroxylation sites is 1. The van der Waals surface area contributed by atoms with Crippen molar-refractivity contribution < 1.29 is 9.53 Å². The molecule has 0 atom stereocenters. The van der Waals surface area contributed by atoms with Crippen LogP contribution in [-0.4, -0.2) is 16.6 Å². The van der Waals surface area contributed by atoms with Gasteiger partial charge in [0.25, 0.3) is 0 Å². The number of benzene rings is 2. The third kappa shape index (κ3) is 4.51. The van der Waals surface area contributed by atoms with Gasteiger partial charge in [0.15, 0.2) is 5.13 Å². The molecule has 4 rings (SSSR count). The Balaban J connectivity index is 1.25. The molecular weight excluding hydrogens is 376 g/mol. The number of aromatic nitrogens is 1. The summed E-state index contributed by atoms with van der Waals surface area (Å²) in [4.78, 5) is 17.9. The van der Waals surface area contributed by atoms with Crippen molar-refractivity contribution in [1.82, 2.24) is 4.98 Å². The van der Waals surface area contributed by atoms with E-state index in [1.807, 2.05) is 42.1 Å². The molecule has 1 aromatic heterocycles. The normalized spacial score (nSPS) is 12.0. The molecule has 0 radical (unpaired) electrons. The molecule has 27 heavy (non-hydrogen) atoms. The highest BCUT2D eigenvalue weighted by Crippen LogP contribution is 2.40. The minimum Gasteiger partial charge on any atom is -0.487 e. The molecule has 0 saturated heterocycles. The van der Waals surface area contributed by atoms with Crippen LogP contribution in [0.25, 0.3) is 11.3 Å². The van der Waals surface area contributed by atoms with Crippen molar-refractivity contribution in [3.8, 4) is 17.0 Å². The second-order valence-electron chi connectivity index (χ2n) is 6.27. The Hall–Kier alpha value is -2.31. The van der Waals surface area contributed by atoms with E-state index in [1.165, 1.54) is 16.9 Å². The fraction of sp³-hybridized carbons (Fsp3) is 0.238. The molecule has 1 N–H and O–H groups in total. The van der Waals surface area contributed by atoms with Gasteiger partial charge in [-0.3, -0.25) is 4.79 Å². The van der Waals surface area contributed by atoms with Crippen LogP contribution in [0.5, 0.6) is 5.75 Å². The molecule has 1 aliphatic heterocycles. The summed E-state index contributed by atoms with van der Waals surface area (Å²) in [5.74, 6) is 2.83. The predicted molar refractivity (Wildman–Crippen MR) is 112 cm³/mol. The zero-order valence-corrected chi connectivity index (χ0v) is 16.4. The molecule has 138 valence electrons. The number of amides is 1. The Morgan fingerprint density at radius 2 is 1.96 bits per heavy atom. The maximum atomic E-state index is 12.2. The summed E-state index contributed by atoms with van der Waals surface area (Å²) in [6, 6.07) is 18.3. The van der Waals surface area contributed by atoms with E-state index in [0.29, 0.717) is 18.2 Å². The van der Waals surface area contributed by atoms with Crippen molar-refractivity contribution in [2.45, 2.75) is 25.2 Å². The first kappa shape index (κ1) is 18.1. The lowest BCUT2D eigenvalue weighted by molar-refractivity contribution is -0.116. The average molecular weight is 397 g/mol. The standard InChI is InChI=1S/C21H20N2O2S2/c24-19(11-6-12-26-14-15-7-2-1-3-8-15)22-21-23-20-16-9-4-5-10-17(16)25-13-18(20)27-21/h1-5,7-10H,6,11-14H2,(H,22,23,24). The first-order valence-corrected chi connectivity index (χ1v) is 10.9. The quantitative estimate of drug-likeness (QED) is 0.547. The third-order valence-corrected chi connectivity index (χ3v) is 6.31. The molecule has 0 aliphatic carbocycles. The van der Waals surface area contributed by atoms with Gasteiger partial charge in [-0.05, 0) is 29.9 Å². The number of thioether (sulfide) groups is 1. The number of thiazole rings is 1. The summed E-state index contributed by atoms with van der Waals surface area (Å²) >= 11 is 3.35. The molecule has 0 bridgehead atoms. The molecule has 6 heteroatoms. The van der Waals surface area contributed by atoms with Gasteiger partial charge in [-0.25, -0.2) is 4.98 Å². The fourth-order valence-corrected chi connectivity index (χ4v) is 4.75. The van der Waals surface area contributed by atoms with E-state index in [1.54, 1.807) is 0 Å². The summed E-state index contributed by atoms with van der Waals surface area (Å²) in [5.41, 5.74) is 3.24. The summed E-state index contributed by atoms with van der Waals surface area (Å²) in [5, 5.41) is 3.60. The van der Waals surface area contributed by atoms with Crippen molar-refractivity contribution in [2.24, 2.45) is 0 Å². The highest BCUT2D eigenvalue weighted by Gasteiger charge is 2.22. The van der Waals surface area contributed by atoms with E-state index in [-0.39, 0.29) is 5.91 Å². The summed E-state index contributed by atoms with van der Waals surface area (Å²) in [6.07, 6.45) is 1.37. The topological polar surface area (TPSA) is 51.2 Å². The third-order valence-electron chi connectivity index (χ3n) is 4.25. The highest BCUT2D eigenvalue weighted by molar-refractivity contribution is 7.98. The van der Waals surface area contributed by atoms with Crippen molar-refractivity contribution in [2.75, 3.05) is 11.1 Å². The smallest absolute Gasteiger partial charge is 0.226 e. The SMILES string of the molecule is O=C(CCCSCc1ccccc1)Nc1nc2c(s1)COc1ccccc1-2. The van der Waals surface area contributed by atoms with Crippen molar-refractivity contribution in [1.29, 1.82) is 0 Å². The Kier molecular flexibility index (Phi) is 5.75. The number of rotatable bonds is 7. The molecule has 2 heterocycles. The minimum atomic E-state index is 0.0237. The van der Waals surface area contributed by atoms with Crippen LogP contribution < -0.4 is 10.1 Å². The molecule has 3 aromatic rings. The highest BCUT2D eigenvalue weighted by atomic mass is 32.2. The maximum absolute atomic E-state index is 12.2. The van der Waals surface area contributed by atoms with Gasteiger partial charge in [-0.1, -0.05) is 53.8 Å². The number of anilines is 1. The number of nitrogens with zero attached hydrogens (tertiary/aromatic N) is 1. The van der Waals surface area contributed by atoms with Gasteiger partial charge in [0.05, 0.1) is 10.6 Å². The second-order valence-corrected chi connectivity index (χ2v) is 8.45. The van der Waals surface area contributed by atoms with Gasteiger partial charge in [-0.15, -0.1) is 0 Å². The van der Waals surface area contributed by atoms with Crippen LogP contribution >= 0.6 is 23.1 Å². The molecule has 0 fully saturated rings. The van der Waals surface area contributed by atoms with Gasteiger partial charge in [0.1, 0.15) is 12.4 Å². The number of hydrogen-bond donors (Lipinski definition) is 1. The van der Waals surface area contributed by atoms with Gasteiger partial charge in [0, 0.05) is 17.7 Å². The predicted octanol–water partition coefficient (Wildman–Crippen LogP) is 5.35. The van der Waals surface area contributed by atoms with Gasteiger partial charge >= 0.3 is 0 Å². The van der Waals surface area contributed by atoms with E-state index >= 15 is 0 Å². The number of fused-ring (bicyclic) bond motifs is 3. The van der Waals surface area contributed by atoms with E-state index in [0.717, 1.165) is 39.8 Å². The van der Waals surface area contributed by atoms with Crippen LogP contribution in [0.3, 0.4) is 0 Å². The van der Waals surface area contributed by atoms with Crippen LogP contribution in [0.2, 0.25) is 0 Å². The van der Waals surface area contributed by atoms with Crippen LogP contribution in [0.4, 0.5) is 5.13 Å². The Morgan fingerprint density at radius 1 is 1.15 bits per heavy atom. The molecule has 0 saturated carbocycles. The number of carbonyl (C=O) groups is 1. The number of carbonyl (C=O) groups excluding carboxylic acids is 1. The number of nitrogens with one attached hydrogen (secondary N) is 1. The second kappa shape index (κ2) is 8.59. The molecule has 4 nitrogen and oxygen atoms in total. The number of hydrogen-bond acceptors (Lipinski definition) is 5. The molecular formula is C21H20N2O2S2. The Morgan fingerprint density at radius 3 is 2.85 bits per heavy atom. The number of ether oxygens (including phenoxy) is 1. The van der Waals surface area contributed by atoms with Crippen molar-refractivity contribution in [3.05, 3.63) is 65.0 Å². The first-order chi connectivity index (χ1) is 13.3. The summed E-state index contributed by atoms with van der Waals surface area (Å²) in [7, 11) is 0.